The number of anilines is 1. The molecule has 140 valence electrons. The topological polar surface area (TPSA) is 59.6 Å². The second-order valence-corrected chi connectivity index (χ2v) is 5.76. The predicted molar refractivity (Wildman–Crippen MR) is 74.4 cm³/mol. The van der Waals surface area contributed by atoms with Crippen LogP contribution in [-0.2, 0) is 0 Å². The van der Waals surface area contributed by atoms with E-state index in [2.05, 4.69) is 0 Å². The molecule has 1 aliphatic rings. The standard InChI is InChI=1S/C14H14F6N2O3/c1-11(12(2,15)16,14(18,19)20)22-10(23)21-7-5-4-6-8-9(7)25-13(3,17)24-8/h4-6H,1-3H3,(H2,21,22,23). The van der Waals surface area contributed by atoms with Gasteiger partial charge in [-0.2, -0.15) is 17.6 Å². The zero-order valence-electron chi connectivity index (χ0n) is 13.2. The number of carbonyl (C=O) groups is 1. The molecule has 0 bridgehead atoms. The van der Waals surface area contributed by atoms with Gasteiger partial charge in [-0.3, -0.25) is 0 Å². The molecule has 2 rings (SSSR count). The molecule has 0 aromatic heterocycles. The summed E-state index contributed by atoms with van der Waals surface area (Å²) in [5.41, 5.74) is -4.08. The van der Waals surface area contributed by atoms with Gasteiger partial charge in [0.2, 0.25) is 0 Å². The van der Waals surface area contributed by atoms with Crippen molar-refractivity contribution >= 4 is 11.7 Å². The van der Waals surface area contributed by atoms with E-state index in [4.69, 9.17) is 9.47 Å². The van der Waals surface area contributed by atoms with Crippen molar-refractivity contribution in [3.05, 3.63) is 18.2 Å². The van der Waals surface area contributed by atoms with Crippen LogP contribution in [0.25, 0.3) is 0 Å². The lowest BCUT2D eigenvalue weighted by Crippen LogP contribution is -2.66. The quantitative estimate of drug-likeness (QED) is 0.782. The molecule has 2 atom stereocenters. The van der Waals surface area contributed by atoms with Crippen LogP contribution >= 0.6 is 0 Å². The summed E-state index contributed by atoms with van der Waals surface area (Å²) in [4.78, 5) is 11.8. The highest BCUT2D eigenvalue weighted by atomic mass is 19.4. The Labute approximate surface area is 138 Å². The zero-order chi connectivity index (χ0) is 19.3. The molecule has 0 spiro atoms. The van der Waals surface area contributed by atoms with E-state index in [1.807, 2.05) is 5.32 Å². The van der Waals surface area contributed by atoms with Crippen molar-refractivity contribution < 1.29 is 40.6 Å². The van der Waals surface area contributed by atoms with E-state index < -0.39 is 29.7 Å². The first kappa shape index (κ1) is 19.0. The van der Waals surface area contributed by atoms with Crippen LogP contribution in [-0.4, -0.2) is 29.7 Å². The van der Waals surface area contributed by atoms with Gasteiger partial charge in [-0.25, -0.2) is 13.6 Å². The lowest BCUT2D eigenvalue weighted by Gasteiger charge is -2.37. The normalized spacial score (nSPS) is 22.3. The van der Waals surface area contributed by atoms with E-state index in [9.17, 15) is 31.1 Å². The summed E-state index contributed by atoms with van der Waals surface area (Å²) in [6.45, 7) is 1.11. The van der Waals surface area contributed by atoms with Crippen molar-refractivity contribution in [3.8, 4) is 11.5 Å². The summed E-state index contributed by atoms with van der Waals surface area (Å²) in [5.74, 6) is -4.69. The molecule has 2 unspecified atom stereocenters. The third-order valence-electron chi connectivity index (χ3n) is 3.61. The minimum absolute atomic E-state index is 0.0342. The Kier molecular flexibility index (Phi) is 4.25. The van der Waals surface area contributed by atoms with Crippen LogP contribution in [0.15, 0.2) is 18.2 Å². The molecule has 25 heavy (non-hydrogen) atoms. The molecule has 1 heterocycles. The largest absolute Gasteiger partial charge is 0.423 e. The lowest BCUT2D eigenvalue weighted by molar-refractivity contribution is -0.249. The fraction of sp³-hybridized carbons (Fsp3) is 0.500. The van der Waals surface area contributed by atoms with Crippen molar-refractivity contribution in [3.63, 3.8) is 0 Å². The number of nitrogens with one attached hydrogen (secondary N) is 2. The summed E-state index contributed by atoms with van der Waals surface area (Å²) >= 11 is 0. The summed E-state index contributed by atoms with van der Waals surface area (Å²) in [6.07, 6.45) is -5.43. The second kappa shape index (κ2) is 5.60. The molecule has 2 amide bonds. The van der Waals surface area contributed by atoms with Gasteiger partial charge in [-0.05, 0) is 19.1 Å². The van der Waals surface area contributed by atoms with Crippen LogP contribution in [0, 0.1) is 0 Å². The number of alkyl halides is 6. The molecule has 11 heteroatoms. The number of benzene rings is 1. The Bertz CT molecular complexity index is 670. The van der Waals surface area contributed by atoms with Crippen LogP contribution in [0.1, 0.15) is 20.8 Å². The SMILES string of the molecule is CC1(F)Oc2cccc(NC(=O)NC(C)(C(C)(F)F)C(F)(F)F)c2O1. The van der Waals surface area contributed by atoms with E-state index in [1.54, 1.807) is 0 Å². The van der Waals surface area contributed by atoms with Crippen LogP contribution in [0.2, 0.25) is 0 Å². The summed E-state index contributed by atoms with van der Waals surface area (Å²) in [6, 6.07) is -0.336. The first-order chi connectivity index (χ1) is 11.2. The average molecular weight is 372 g/mol. The van der Waals surface area contributed by atoms with Gasteiger partial charge < -0.3 is 20.1 Å². The molecule has 0 radical (unpaired) electrons. The summed E-state index contributed by atoms with van der Waals surface area (Å²) < 4.78 is 89.1. The highest BCUT2D eigenvalue weighted by molar-refractivity contribution is 5.92. The summed E-state index contributed by atoms with van der Waals surface area (Å²) in [5, 5.41) is 3.14. The minimum Gasteiger partial charge on any atom is -0.423 e. The number of ether oxygens (including phenoxy) is 2. The van der Waals surface area contributed by atoms with Crippen LogP contribution in [0.5, 0.6) is 11.5 Å². The van der Waals surface area contributed by atoms with Crippen molar-refractivity contribution in [1.82, 2.24) is 5.32 Å². The number of halogens is 6. The van der Waals surface area contributed by atoms with Gasteiger partial charge in [0.15, 0.2) is 17.0 Å². The van der Waals surface area contributed by atoms with Crippen molar-refractivity contribution in [2.45, 2.75) is 44.4 Å². The third kappa shape index (κ3) is 3.54. The van der Waals surface area contributed by atoms with Gasteiger partial charge in [0.1, 0.15) is 0 Å². The highest BCUT2D eigenvalue weighted by Gasteiger charge is 2.65. The van der Waals surface area contributed by atoms with Gasteiger partial charge in [0, 0.05) is 13.8 Å². The van der Waals surface area contributed by atoms with E-state index in [-0.39, 0.29) is 31.0 Å². The number of fused-ring (bicyclic) bond motifs is 1. The molecule has 0 saturated heterocycles. The Hall–Kier alpha value is -2.33. The molecule has 1 aromatic rings. The molecule has 5 nitrogen and oxygen atoms in total. The molecule has 2 N–H and O–H groups in total. The van der Waals surface area contributed by atoms with E-state index in [0.29, 0.717) is 0 Å². The fourth-order valence-corrected chi connectivity index (χ4v) is 2.01. The number of hydrogen-bond donors (Lipinski definition) is 2. The monoisotopic (exact) mass is 372 g/mol. The smallest absolute Gasteiger partial charge is 0.417 e. The van der Waals surface area contributed by atoms with Crippen molar-refractivity contribution in [2.24, 2.45) is 0 Å². The van der Waals surface area contributed by atoms with Gasteiger partial charge in [-0.15, -0.1) is 0 Å². The van der Waals surface area contributed by atoms with E-state index in [1.165, 1.54) is 23.5 Å². The van der Waals surface area contributed by atoms with Crippen LogP contribution in [0.4, 0.5) is 36.8 Å². The first-order valence-corrected chi connectivity index (χ1v) is 6.90. The number of rotatable bonds is 3. The maximum absolute atomic E-state index is 13.7. The number of urea groups is 1. The van der Waals surface area contributed by atoms with E-state index >= 15 is 0 Å². The van der Waals surface area contributed by atoms with Gasteiger partial charge >= 0.3 is 18.2 Å². The number of amides is 2. The third-order valence-corrected chi connectivity index (χ3v) is 3.61. The first-order valence-electron chi connectivity index (χ1n) is 6.90. The average Bonchev–Trinajstić information content (AvgIpc) is 2.71. The van der Waals surface area contributed by atoms with Crippen LogP contribution in [0.3, 0.4) is 0 Å². The lowest BCUT2D eigenvalue weighted by atomic mass is 9.94. The molecular weight excluding hydrogens is 358 g/mol. The van der Waals surface area contributed by atoms with Crippen LogP contribution < -0.4 is 20.1 Å². The fourth-order valence-electron chi connectivity index (χ4n) is 2.01. The molecule has 0 saturated carbocycles. The number of hydrogen-bond acceptors (Lipinski definition) is 3. The number of carbonyl (C=O) groups excluding carboxylic acids is 1. The van der Waals surface area contributed by atoms with Gasteiger partial charge in [0.25, 0.3) is 5.92 Å². The molecule has 1 aromatic carbocycles. The maximum atomic E-state index is 13.7. The Morgan fingerprint density at radius 2 is 1.72 bits per heavy atom. The molecule has 1 aliphatic heterocycles. The number of para-hydroxylation sites is 1. The predicted octanol–water partition coefficient (Wildman–Crippen LogP) is 4.20. The van der Waals surface area contributed by atoms with Gasteiger partial charge in [-0.1, -0.05) is 6.07 Å². The highest BCUT2D eigenvalue weighted by Crippen LogP contribution is 2.45. The Balaban J connectivity index is 2.23. The maximum Gasteiger partial charge on any atom is 0.417 e. The molecule has 0 aliphatic carbocycles. The molecule has 0 fully saturated rings. The van der Waals surface area contributed by atoms with Crippen molar-refractivity contribution in [2.75, 3.05) is 5.32 Å². The van der Waals surface area contributed by atoms with Crippen molar-refractivity contribution in [1.29, 1.82) is 0 Å². The second-order valence-electron chi connectivity index (χ2n) is 5.76. The zero-order valence-corrected chi connectivity index (χ0v) is 13.2. The van der Waals surface area contributed by atoms with Gasteiger partial charge in [0.05, 0.1) is 5.69 Å². The van der Waals surface area contributed by atoms with E-state index in [0.717, 1.165) is 6.92 Å². The summed E-state index contributed by atoms with van der Waals surface area (Å²) in [7, 11) is 0. The Morgan fingerprint density at radius 3 is 2.24 bits per heavy atom. The minimum atomic E-state index is -5.43. The molecular formula is C14H14F6N2O3. The Morgan fingerprint density at radius 1 is 1.12 bits per heavy atom.